The lowest BCUT2D eigenvalue weighted by molar-refractivity contribution is -0.121. The van der Waals surface area contributed by atoms with Gasteiger partial charge in [0.05, 0.1) is 10.5 Å². The van der Waals surface area contributed by atoms with E-state index in [1.165, 1.54) is 5.56 Å². The number of anilines is 1. The fraction of sp³-hybridized carbons (Fsp3) is 0.276. The van der Waals surface area contributed by atoms with Crippen LogP contribution < -0.4 is 10.2 Å². The van der Waals surface area contributed by atoms with Crippen molar-refractivity contribution in [3.63, 3.8) is 0 Å². The van der Waals surface area contributed by atoms with Gasteiger partial charge in [-0.15, -0.1) is 0 Å². The van der Waals surface area contributed by atoms with Crippen molar-refractivity contribution < 1.29 is 4.79 Å². The summed E-state index contributed by atoms with van der Waals surface area (Å²) in [5, 5.41) is 4.64. The van der Waals surface area contributed by atoms with Gasteiger partial charge in [-0.1, -0.05) is 73.1 Å². The molecule has 1 aromatic heterocycles. The zero-order valence-corrected chi connectivity index (χ0v) is 21.0. The summed E-state index contributed by atoms with van der Waals surface area (Å²) in [6.45, 7) is 5.38. The van der Waals surface area contributed by atoms with Crippen molar-refractivity contribution in [3.8, 4) is 11.4 Å². The number of halogens is 1. The Bertz CT molecular complexity index is 1280. The van der Waals surface area contributed by atoms with Crippen LogP contribution in [0, 0.1) is 0 Å². The third kappa shape index (κ3) is 6.37. The maximum Gasteiger partial charge on any atom is 0.221 e. The minimum absolute atomic E-state index is 0.0498. The third-order valence-electron chi connectivity index (χ3n) is 6.14. The van der Waals surface area contributed by atoms with E-state index in [2.05, 4.69) is 41.4 Å². The third-order valence-corrected chi connectivity index (χ3v) is 6.47. The SMILES string of the molecule is CC[C@H](C)NC(=O)CCN(CCc1ccccc1)c1nc(-c2ccccc2Cl)nc2ccccc12. The standard InChI is InChI=1S/C29H31ClN4O/c1-3-21(2)31-27(35)18-20-34(19-17-22-11-5-4-6-12-22)29-24-14-8-10-16-26(24)32-28(33-29)23-13-7-9-15-25(23)30/h4-16,21H,3,17-20H2,1-2H3,(H,31,35)/t21-/m0/s1. The molecule has 3 aromatic carbocycles. The van der Waals surface area contributed by atoms with E-state index in [1.807, 2.05) is 61.5 Å². The highest BCUT2D eigenvalue weighted by Gasteiger charge is 2.18. The van der Waals surface area contributed by atoms with Gasteiger partial charge in [0.2, 0.25) is 5.91 Å². The molecule has 0 bridgehead atoms. The van der Waals surface area contributed by atoms with Gasteiger partial charge in [0.25, 0.3) is 0 Å². The van der Waals surface area contributed by atoms with Crippen LogP contribution in [0.1, 0.15) is 32.3 Å². The number of rotatable bonds is 10. The maximum atomic E-state index is 12.6. The van der Waals surface area contributed by atoms with E-state index in [-0.39, 0.29) is 11.9 Å². The lowest BCUT2D eigenvalue weighted by atomic mass is 10.1. The van der Waals surface area contributed by atoms with Crippen LogP contribution in [-0.2, 0) is 11.2 Å². The summed E-state index contributed by atoms with van der Waals surface area (Å²) in [6.07, 6.45) is 2.13. The van der Waals surface area contributed by atoms with Gasteiger partial charge in [-0.05, 0) is 49.6 Å². The molecule has 0 radical (unpaired) electrons. The number of nitrogens with zero attached hydrogens (tertiary/aromatic N) is 3. The number of carbonyl (C=O) groups is 1. The van der Waals surface area contributed by atoms with Gasteiger partial charge in [0.1, 0.15) is 5.82 Å². The molecule has 0 fully saturated rings. The Morgan fingerprint density at radius 1 is 0.943 bits per heavy atom. The molecule has 6 heteroatoms. The first-order valence-corrected chi connectivity index (χ1v) is 12.5. The molecule has 0 unspecified atom stereocenters. The quantitative estimate of drug-likeness (QED) is 0.285. The average Bonchev–Trinajstić information content (AvgIpc) is 2.89. The van der Waals surface area contributed by atoms with Crippen LogP contribution >= 0.6 is 11.6 Å². The van der Waals surface area contributed by atoms with Gasteiger partial charge >= 0.3 is 0 Å². The van der Waals surface area contributed by atoms with Crippen molar-refractivity contribution >= 4 is 34.2 Å². The summed E-state index contributed by atoms with van der Waals surface area (Å²) in [6, 6.07) is 26.2. The molecular weight excluding hydrogens is 456 g/mol. The van der Waals surface area contributed by atoms with Gasteiger partial charge in [-0.25, -0.2) is 9.97 Å². The van der Waals surface area contributed by atoms with E-state index in [9.17, 15) is 4.79 Å². The summed E-state index contributed by atoms with van der Waals surface area (Å²) in [5.41, 5.74) is 2.88. The van der Waals surface area contributed by atoms with Crippen molar-refractivity contribution in [2.75, 3.05) is 18.0 Å². The first-order valence-electron chi connectivity index (χ1n) is 12.1. The summed E-state index contributed by atoms with van der Waals surface area (Å²) >= 11 is 6.50. The highest BCUT2D eigenvalue weighted by atomic mass is 35.5. The van der Waals surface area contributed by atoms with Crippen LogP contribution in [0.4, 0.5) is 5.82 Å². The number of para-hydroxylation sites is 1. The van der Waals surface area contributed by atoms with E-state index in [4.69, 9.17) is 21.6 Å². The lowest BCUT2D eigenvalue weighted by Crippen LogP contribution is -2.36. The molecule has 180 valence electrons. The first-order chi connectivity index (χ1) is 17.0. The molecule has 1 heterocycles. The van der Waals surface area contributed by atoms with Crippen LogP contribution in [0.15, 0.2) is 78.9 Å². The van der Waals surface area contributed by atoms with Gasteiger partial charge in [-0.2, -0.15) is 0 Å². The lowest BCUT2D eigenvalue weighted by Gasteiger charge is -2.26. The largest absolute Gasteiger partial charge is 0.355 e. The molecule has 0 saturated heterocycles. The topological polar surface area (TPSA) is 58.1 Å². The highest BCUT2D eigenvalue weighted by Crippen LogP contribution is 2.31. The summed E-state index contributed by atoms with van der Waals surface area (Å²) in [4.78, 5) is 24.6. The normalized spacial score (nSPS) is 11.9. The molecule has 35 heavy (non-hydrogen) atoms. The Labute approximate surface area is 212 Å². The molecule has 4 rings (SSSR count). The van der Waals surface area contributed by atoms with Crippen LogP contribution in [0.2, 0.25) is 5.02 Å². The smallest absolute Gasteiger partial charge is 0.221 e. The molecule has 5 nitrogen and oxygen atoms in total. The molecule has 0 aliphatic heterocycles. The number of aromatic nitrogens is 2. The van der Waals surface area contributed by atoms with Crippen LogP contribution in [0.5, 0.6) is 0 Å². The Balaban J connectivity index is 1.71. The van der Waals surface area contributed by atoms with Gasteiger partial charge in [0, 0.05) is 36.5 Å². The van der Waals surface area contributed by atoms with Crippen molar-refractivity contribution in [3.05, 3.63) is 89.4 Å². The van der Waals surface area contributed by atoms with Crippen molar-refractivity contribution in [2.24, 2.45) is 0 Å². The van der Waals surface area contributed by atoms with Crippen molar-refractivity contribution in [2.45, 2.75) is 39.2 Å². The molecule has 1 N–H and O–H groups in total. The molecule has 0 saturated carbocycles. The second-order valence-corrected chi connectivity index (χ2v) is 9.12. The predicted octanol–water partition coefficient (Wildman–Crippen LogP) is 6.30. The molecule has 1 amide bonds. The van der Waals surface area contributed by atoms with Crippen molar-refractivity contribution in [1.82, 2.24) is 15.3 Å². The fourth-order valence-electron chi connectivity index (χ4n) is 3.98. The number of nitrogens with one attached hydrogen (secondary N) is 1. The number of benzene rings is 3. The minimum atomic E-state index is 0.0498. The molecule has 0 spiro atoms. The van der Waals surface area contributed by atoms with Crippen LogP contribution in [0.25, 0.3) is 22.3 Å². The number of fused-ring (bicyclic) bond motifs is 1. The second-order valence-electron chi connectivity index (χ2n) is 8.72. The minimum Gasteiger partial charge on any atom is -0.355 e. The van der Waals surface area contributed by atoms with E-state index >= 15 is 0 Å². The molecule has 1 atom stereocenters. The number of carbonyl (C=O) groups excluding carboxylic acids is 1. The molecule has 0 aliphatic carbocycles. The Morgan fingerprint density at radius 3 is 2.43 bits per heavy atom. The molecular formula is C29H31ClN4O. The number of hydrogen-bond acceptors (Lipinski definition) is 4. The van der Waals surface area contributed by atoms with Crippen molar-refractivity contribution in [1.29, 1.82) is 0 Å². The molecule has 4 aromatic rings. The monoisotopic (exact) mass is 486 g/mol. The van der Waals surface area contributed by atoms with E-state index < -0.39 is 0 Å². The summed E-state index contributed by atoms with van der Waals surface area (Å²) in [5.74, 6) is 1.45. The summed E-state index contributed by atoms with van der Waals surface area (Å²) in [7, 11) is 0. The Kier molecular flexibility index (Phi) is 8.32. The van der Waals surface area contributed by atoms with Gasteiger partial charge < -0.3 is 10.2 Å². The van der Waals surface area contributed by atoms with Gasteiger partial charge in [-0.3, -0.25) is 4.79 Å². The number of amides is 1. The first kappa shape index (κ1) is 24.7. The number of hydrogen-bond donors (Lipinski definition) is 1. The van der Waals surface area contributed by atoms with E-state index in [0.29, 0.717) is 23.8 Å². The van der Waals surface area contributed by atoms with E-state index in [0.717, 1.165) is 41.7 Å². The van der Waals surface area contributed by atoms with Crippen LogP contribution in [-0.4, -0.2) is 35.0 Å². The fourth-order valence-corrected chi connectivity index (χ4v) is 4.20. The maximum absolute atomic E-state index is 12.6. The Morgan fingerprint density at radius 2 is 1.66 bits per heavy atom. The highest BCUT2D eigenvalue weighted by molar-refractivity contribution is 6.33. The summed E-state index contributed by atoms with van der Waals surface area (Å²) < 4.78 is 0. The van der Waals surface area contributed by atoms with Gasteiger partial charge in [0.15, 0.2) is 5.82 Å². The Hall–Kier alpha value is -3.44. The zero-order chi connectivity index (χ0) is 24.6. The second kappa shape index (κ2) is 11.8. The average molecular weight is 487 g/mol. The zero-order valence-electron chi connectivity index (χ0n) is 20.2. The van der Waals surface area contributed by atoms with E-state index in [1.54, 1.807) is 0 Å². The predicted molar refractivity (Wildman–Crippen MR) is 145 cm³/mol. The molecule has 0 aliphatic rings. The van der Waals surface area contributed by atoms with Crippen LogP contribution in [0.3, 0.4) is 0 Å².